The van der Waals surface area contributed by atoms with E-state index in [1.807, 2.05) is 31.2 Å². The number of rotatable bonds is 3. The summed E-state index contributed by atoms with van der Waals surface area (Å²) in [4.78, 5) is 12.1. The van der Waals surface area contributed by atoms with E-state index in [1.54, 1.807) is 12.1 Å². The lowest BCUT2D eigenvalue weighted by atomic mass is 9.99. The highest BCUT2D eigenvalue weighted by Gasteiger charge is 2.11. The lowest BCUT2D eigenvalue weighted by molar-refractivity contribution is 0.0977. The smallest absolute Gasteiger partial charge is 0.257 e. The van der Waals surface area contributed by atoms with E-state index in [1.165, 1.54) is 5.56 Å². The molecule has 2 N–H and O–H groups in total. The van der Waals surface area contributed by atoms with E-state index in [0.29, 0.717) is 16.6 Å². The second kappa shape index (κ2) is 7.18. The van der Waals surface area contributed by atoms with Crippen LogP contribution in [0.5, 0.6) is 0 Å². The van der Waals surface area contributed by atoms with Crippen LogP contribution < -0.4 is 10.6 Å². The van der Waals surface area contributed by atoms with Gasteiger partial charge < -0.3 is 5.32 Å². The van der Waals surface area contributed by atoms with Gasteiger partial charge in [-0.2, -0.15) is 0 Å². The largest absolute Gasteiger partial charge is 0.332 e. The zero-order chi connectivity index (χ0) is 16.1. The van der Waals surface area contributed by atoms with Crippen molar-refractivity contribution in [3.8, 4) is 0 Å². The van der Waals surface area contributed by atoms with Gasteiger partial charge in [-0.05, 0) is 54.4 Å². The Hall–Kier alpha value is -2.20. The zero-order valence-corrected chi connectivity index (χ0v) is 13.8. The van der Waals surface area contributed by atoms with Gasteiger partial charge >= 0.3 is 0 Å². The molecule has 0 saturated carbocycles. The second-order valence-corrected chi connectivity index (χ2v) is 5.93. The summed E-state index contributed by atoms with van der Waals surface area (Å²) in [7, 11) is 0. The maximum absolute atomic E-state index is 12.1. The van der Waals surface area contributed by atoms with Gasteiger partial charge in [-0.3, -0.25) is 10.1 Å². The van der Waals surface area contributed by atoms with Crippen molar-refractivity contribution in [3.05, 3.63) is 65.2 Å². The average Bonchev–Trinajstić information content (AvgIpc) is 2.47. The summed E-state index contributed by atoms with van der Waals surface area (Å²) in [5.41, 5.74) is 3.83. The van der Waals surface area contributed by atoms with Crippen molar-refractivity contribution in [2.75, 3.05) is 5.32 Å². The average molecular weight is 312 g/mol. The number of anilines is 1. The van der Waals surface area contributed by atoms with Crippen LogP contribution in [0, 0.1) is 6.92 Å². The fourth-order valence-electron chi connectivity index (χ4n) is 2.20. The molecule has 0 aliphatic heterocycles. The Balaban J connectivity index is 2.09. The maximum atomic E-state index is 12.1. The zero-order valence-electron chi connectivity index (χ0n) is 13.0. The van der Waals surface area contributed by atoms with Gasteiger partial charge in [0.15, 0.2) is 5.11 Å². The summed E-state index contributed by atoms with van der Waals surface area (Å²) in [6.07, 6.45) is 0. The van der Waals surface area contributed by atoms with Crippen molar-refractivity contribution >= 4 is 28.9 Å². The summed E-state index contributed by atoms with van der Waals surface area (Å²) in [6, 6.07) is 15.2. The third kappa shape index (κ3) is 4.15. The number of nitrogens with one attached hydrogen (secondary N) is 2. The molecule has 22 heavy (non-hydrogen) atoms. The van der Waals surface area contributed by atoms with E-state index in [9.17, 15) is 4.79 Å². The van der Waals surface area contributed by atoms with Gasteiger partial charge in [0.05, 0.1) is 0 Å². The van der Waals surface area contributed by atoms with Crippen molar-refractivity contribution in [1.82, 2.24) is 5.32 Å². The molecule has 0 fully saturated rings. The highest BCUT2D eigenvalue weighted by atomic mass is 32.1. The number of amides is 1. The van der Waals surface area contributed by atoms with Crippen LogP contribution in [0.1, 0.15) is 41.3 Å². The highest BCUT2D eigenvalue weighted by molar-refractivity contribution is 7.80. The van der Waals surface area contributed by atoms with Gasteiger partial charge in [0, 0.05) is 11.3 Å². The summed E-state index contributed by atoms with van der Waals surface area (Å²) < 4.78 is 0. The van der Waals surface area contributed by atoms with Crippen LogP contribution in [-0.2, 0) is 0 Å². The molecule has 0 unspecified atom stereocenters. The molecule has 0 atom stereocenters. The first-order chi connectivity index (χ1) is 10.5. The molecule has 3 nitrogen and oxygen atoms in total. The SMILES string of the molecule is Cc1ccc(C(C)C)c(NC(=S)NC(=O)c2ccccc2)c1. The maximum Gasteiger partial charge on any atom is 0.257 e. The normalized spacial score (nSPS) is 10.4. The Bertz CT molecular complexity index is 681. The van der Waals surface area contributed by atoms with Crippen LogP contribution in [0.4, 0.5) is 5.69 Å². The molecule has 114 valence electrons. The number of benzene rings is 2. The van der Waals surface area contributed by atoms with Crippen molar-refractivity contribution in [3.63, 3.8) is 0 Å². The predicted octanol–water partition coefficient (Wildman–Crippen LogP) is 4.25. The number of carbonyl (C=O) groups is 1. The molecule has 0 radical (unpaired) electrons. The first-order valence-corrected chi connectivity index (χ1v) is 7.66. The molecule has 4 heteroatoms. The standard InChI is InChI=1S/C18H20N2OS/c1-12(2)15-10-9-13(3)11-16(15)19-18(22)20-17(21)14-7-5-4-6-8-14/h4-12H,1-3H3,(H2,19,20,21,22). The molecule has 0 saturated heterocycles. The Morgan fingerprint density at radius 3 is 2.41 bits per heavy atom. The summed E-state index contributed by atoms with van der Waals surface area (Å²) in [5.74, 6) is 0.160. The Kier molecular flexibility index (Phi) is 5.28. The first kappa shape index (κ1) is 16.2. The molecule has 0 aliphatic rings. The molecule has 0 bridgehead atoms. The van der Waals surface area contributed by atoms with E-state index in [2.05, 4.69) is 36.6 Å². The molecule has 2 aromatic rings. The molecular formula is C18H20N2OS. The van der Waals surface area contributed by atoms with Gasteiger partial charge in [-0.1, -0.05) is 44.2 Å². The Morgan fingerprint density at radius 2 is 1.77 bits per heavy atom. The first-order valence-electron chi connectivity index (χ1n) is 7.25. The molecule has 1 amide bonds. The second-order valence-electron chi connectivity index (χ2n) is 5.52. The number of hydrogen-bond acceptors (Lipinski definition) is 2. The quantitative estimate of drug-likeness (QED) is 0.833. The minimum atomic E-state index is -0.211. The Labute approximate surface area is 136 Å². The van der Waals surface area contributed by atoms with Gasteiger partial charge in [-0.25, -0.2) is 0 Å². The van der Waals surface area contributed by atoms with Crippen LogP contribution in [0.25, 0.3) is 0 Å². The van der Waals surface area contributed by atoms with E-state index in [4.69, 9.17) is 12.2 Å². The molecule has 2 aromatic carbocycles. The van der Waals surface area contributed by atoms with Gasteiger partial charge in [0.1, 0.15) is 0 Å². The fraction of sp³-hybridized carbons (Fsp3) is 0.222. The number of hydrogen-bond donors (Lipinski definition) is 2. The molecule has 0 aromatic heterocycles. The van der Waals surface area contributed by atoms with E-state index >= 15 is 0 Å². The minimum absolute atomic E-state index is 0.211. The number of aryl methyl sites for hydroxylation is 1. The van der Waals surface area contributed by atoms with Gasteiger partial charge in [0.2, 0.25) is 0 Å². The lowest BCUT2D eigenvalue weighted by Gasteiger charge is -2.16. The topological polar surface area (TPSA) is 41.1 Å². The van der Waals surface area contributed by atoms with Crippen LogP contribution in [0.2, 0.25) is 0 Å². The minimum Gasteiger partial charge on any atom is -0.332 e. The molecule has 0 heterocycles. The van der Waals surface area contributed by atoms with E-state index < -0.39 is 0 Å². The van der Waals surface area contributed by atoms with E-state index in [0.717, 1.165) is 11.3 Å². The van der Waals surface area contributed by atoms with Crippen molar-refractivity contribution in [2.45, 2.75) is 26.7 Å². The van der Waals surface area contributed by atoms with Crippen molar-refractivity contribution in [1.29, 1.82) is 0 Å². The lowest BCUT2D eigenvalue weighted by Crippen LogP contribution is -2.34. The van der Waals surface area contributed by atoms with Crippen LogP contribution in [-0.4, -0.2) is 11.0 Å². The van der Waals surface area contributed by atoms with Crippen LogP contribution >= 0.6 is 12.2 Å². The summed E-state index contributed by atoms with van der Waals surface area (Å²) in [6.45, 7) is 6.28. The van der Waals surface area contributed by atoms with Gasteiger partial charge in [0.25, 0.3) is 5.91 Å². The number of carbonyl (C=O) groups excluding carboxylic acids is 1. The summed E-state index contributed by atoms with van der Waals surface area (Å²) >= 11 is 5.26. The van der Waals surface area contributed by atoms with Gasteiger partial charge in [-0.15, -0.1) is 0 Å². The third-order valence-electron chi connectivity index (χ3n) is 3.34. The van der Waals surface area contributed by atoms with E-state index in [-0.39, 0.29) is 5.91 Å². The highest BCUT2D eigenvalue weighted by Crippen LogP contribution is 2.25. The monoisotopic (exact) mass is 312 g/mol. The Morgan fingerprint density at radius 1 is 1.09 bits per heavy atom. The molecular weight excluding hydrogens is 292 g/mol. The molecule has 0 aliphatic carbocycles. The predicted molar refractivity (Wildman–Crippen MR) is 95.4 cm³/mol. The van der Waals surface area contributed by atoms with Crippen LogP contribution in [0.3, 0.4) is 0 Å². The third-order valence-corrected chi connectivity index (χ3v) is 3.55. The van der Waals surface area contributed by atoms with Crippen molar-refractivity contribution < 1.29 is 4.79 Å². The van der Waals surface area contributed by atoms with Crippen LogP contribution in [0.15, 0.2) is 48.5 Å². The molecule has 0 spiro atoms. The number of thiocarbonyl (C=S) groups is 1. The fourth-order valence-corrected chi connectivity index (χ4v) is 2.40. The summed E-state index contributed by atoms with van der Waals surface area (Å²) in [5, 5.41) is 6.15. The molecule has 2 rings (SSSR count). The van der Waals surface area contributed by atoms with Crippen molar-refractivity contribution in [2.24, 2.45) is 0 Å².